The molecule has 0 aliphatic carbocycles. The summed E-state index contributed by atoms with van der Waals surface area (Å²) in [5.41, 5.74) is 1.06. The topological polar surface area (TPSA) is 63.4 Å². The molecule has 0 spiro atoms. The normalized spacial score (nSPS) is 10.4. The van der Waals surface area contributed by atoms with E-state index in [9.17, 15) is 19.3 Å². The van der Waals surface area contributed by atoms with Gasteiger partial charge in [0.1, 0.15) is 11.4 Å². The van der Waals surface area contributed by atoms with Crippen LogP contribution >= 0.6 is 22.6 Å². The van der Waals surface area contributed by atoms with E-state index < -0.39 is 10.8 Å². The van der Waals surface area contributed by atoms with Gasteiger partial charge in [0.25, 0.3) is 11.6 Å². The fraction of sp³-hybridized carbons (Fsp3) is 0.0500. The number of carbonyl (C=O) groups is 1. The Balaban J connectivity index is 2.03. The van der Waals surface area contributed by atoms with Crippen LogP contribution in [0, 0.1) is 19.5 Å². The number of carbonyl (C=O) groups excluding carboxylic acids is 1. The Bertz CT molecular complexity index is 975. The SMILES string of the molecule is O=C(c1ccccc1[N+](=O)[O-])N(Cc1ccc(F)cc1)c1ccc(I)cc1. The van der Waals surface area contributed by atoms with Gasteiger partial charge in [0.2, 0.25) is 0 Å². The fourth-order valence-corrected chi connectivity index (χ4v) is 2.99. The first-order chi connectivity index (χ1) is 13.0. The Morgan fingerprint density at radius 2 is 1.63 bits per heavy atom. The van der Waals surface area contributed by atoms with E-state index in [1.165, 1.54) is 35.2 Å². The van der Waals surface area contributed by atoms with Crippen molar-refractivity contribution in [3.63, 3.8) is 0 Å². The first kappa shape index (κ1) is 19.0. The fourth-order valence-electron chi connectivity index (χ4n) is 2.63. The molecular weight excluding hydrogens is 462 g/mol. The minimum absolute atomic E-state index is 0.00293. The number of benzene rings is 3. The Hall–Kier alpha value is -2.81. The van der Waals surface area contributed by atoms with Crippen molar-refractivity contribution in [2.24, 2.45) is 0 Å². The Morgan fingerprint density at radius 3 is 2.26 bits per heavy atom. The van der Waals surface area contributed by atoms with E-state index >= 15 is 0 Å². The van der Waals surface area contributed by atoms with Crippen LogP contribution in [0.15, 0.2) is 72.8 Å². The smallest absolute Gasteiger partial charge is 0.282 e. The lowest BCUT2D eigenvalue weighted by Gasteiger charge is -2.23. The minimum Gasteiger partial charge on any atom is -0.304 e. The molecule has 5 nitrogen and oxygen atoms in total. The lowest BCUT2D eigenvalue weighted by atomic mass is 10.1. The number of halogens is 2. The third-order valence-electron chi connectivity index (χ3n) is 3.97. The molecule has 1 amide bonds. The van der Waals surface area contributed by atoms with Crippen LogP contribution in [0.3, 0.4) is 0 Å². The highest BCUT2D eigenvalue weighted by Crippen LogP contribution is 2.25. The second kappa shape index (κ2) is 8.26. The maximum atomic E-state index is 13.2. The van der Waals surface area contributed by atoms with Crippen molar-refractivity contribution < 1.29 is 14.1 Å². The van der Waals surface area contributed by atoms with Gasteiger partial charge in [-0.15, -0.1) is 0 Å². The van der Waals surface area contributed by atoms with E-state index in [1.54, 1.807) is 30.3 Å². The van der Waals surface area contributed by atoms with Crippen LogP contribution in [0.2, 0.25) is 0 Å². The number of nitro benzene ring substituents is 1. The molecule has 0 radical (unpaired) electrons. The van der Waals surface area contributed by atoms with E-state index in [0.717, 1.165) is 3.57 Å². The molecule has 3 aromatic carbocycles. The summed E-state index contributed by atoms with van der Waals surface area (Å²) in [5.74, 6) is -0.863. The van der Waals surface area contributed by atoms with E-state index in [2.05, 4.69) is 22.6 Å². The Kier molecular flexibility index (Phi) is 5.80. The number of rotatable bonds is 5. The average Bonchev–Trinajstić information content (AvgIpc) is 2.68. The van der Waals surface area contributed by atoms with E-state index in [4.69, 9.17) is 0 Å². The minimum atomic E-state index is -0.572. The van der Waals surface area contributed by atoms with E-state index in [1.807, 2.05) is 12.1 Å². The summed E-state index contributed by atoms with van der Waals surface area (Å²) >= 11 is 2.16. The maximum Gasteiger partial charge on any atom is 0.282 e. The number of amides is 1. The van der Waals surface area contributed by atoms with Gasteiger partial charge in [-0.3, -0.25) is 14.9 Å². The molecule has 0 N–H and O–H groups in total. The molecule has 0 saturated carbocycles. The van der Waals surface area contributed by atoms with Crippen LogP contribution in [-0.4, -0.2) is 10.8 Å². The number of nitrogens with zero attached hydrogens (tertiary/aromatic N) is 2. The van der Waals surface area contributed by atoms with Gasteiger partial charge in [0, 0.05) is 15.3 Å². The quantitative estimate of drug-likeness (QED) is 0.290. The van der Waals surface area contributed by atoms with Gasteiger partial charge in [0.05, 0.1) is 11.5 Å². The number of nitro groups is 1. The number of para-hydroxylation sites is 1. The van der Waals surface area contributed by atoms with Crippen LogP contribution in [0.5, 0.6) is 0 Å². The molecule has 0 aliphatic rings. The van der Waals surface area contributed by atoms with Crippen molar-refractivity contribution in [1.29, 1.82) is 0 Å². The standard InChI is InChI=1S/C20H14FIN2O3/c21-15-7-5-14(6-8-15)13-23(17-11-9-16(22)10-12-17)20(25)18-3-1-2-4-19(18)24(26)27/h1-12H,13H2. The molecule has 136 valence electrons. The molecule has 0 bridgehead atoms. The maximum absolute atomic E-state index is 13.2. The molecular formula is C20H14FIN2O3. The lowest BCUT2D eigenvalue weighted by Crippen LogP contribution is -2.31. The van der Waals surface area contributed by atoms with Crippen molar-refractivity contribution in [2.45, 2.75) is 6.54 Å². The predicted molar refractivity (Wildman–Crippen MR) is 109 cm³/mol. The zero-order chi connectivity index (χ0) is 19.4. The van der Waals surface area contributed by atoms with Gasteiger partial charge >= 0.3 is 0 Å². The van der Waals surface area contributed by atoms with Gasteiger partial charge in [0.15, 0.2) is 0 Å². The van der Waals surface area contributed by atoms with Crippen LogP contribution < -0.4 is 4.90 Å². The second-order valence-electron chi connectivity index (χ2n) is 5.77. The molecule has 0 aromatic heterocycles. The van der Waals surface area contributed by atoms with Crippen molar-refractivity contribution in [3.05, 3.63) is 103 Å². The molecule has 0 unspecified atom stereocenters. The third-order valence-corrected chi connectivity index (χ3v) is 4.69. The molecule has 0 fully saturated rings. The Labute approximate surface area is 168 Å². The molecule has 3 rings (SSSR count). The van der Waals surface area contributed by atoms with Crippen molar-refractivity contribution in [3.8, 4) is 0 Å². The summed E-state index contributed by atoms with van der Waals surface area (Å²) in [5, 5.41) is 11.3. The Morgan fingerprint density at radius 1 is 1.00 bits per heavy atom. The highest BCUT2D eigenvalue weighted by Gasteiger charge is 2.25. The lowest BCUT2D eigenvalue weighted by molar-refractivity contribution is -0.385. The molecule has 0 aliphatic heterocycles. The van der Waals surface area contributed by atoms with Gasteiger partial charge in [-0.05, 0) is 70.6 Å². The summed E-state index contributed by atoms with van der Waals surface area (Å²) in [6.07, 6.45) is 0. The van der Waals surface area contributed by atoms with E-state index in [-0.39, 0.29) is 23.6 Å². The highest BCUT2D eigenvalue weighted by atomic mass is 127. The van der Waals surface area contributed by atoms with Gasteiger partial charge in [-0.1, -0.05) is 24.3 Å². The summed E-state index contributed by atoms with van der Waals surface area (Å²) in [7, 11) is 0. The van der Waals surface area contributed by atoms with Crippen LogP contribution in [0.4, 0.5) is 15.8 Å². The summed E-state index contributed by atoms with van der Waals surface area (Å²) < 4.78 is 14.2. The first-order valence-electron chi connectivity index (χ1n) is 8.01. The van der Waals surface area contributed by atoms with Crippen molar-refractivity contribution >= 4 is 39.9 Å². The van der Waals surface area contributed by atoms with Crippen LogP contribution in [0.25, 0.3) is 0 Å². The second-order valence-corrected chi connectivity index (χ2v) is 7.01. The zero-order valence-corrected chi connectivity index (χ0v) is 16.2. The van der Waals surface area contributed by atoms with Crippen LogP contribution in [0.1, 0.15) is 15.9 Å². The molecule has 0 atom stereocenters. The highest BCUT2D eigenvalue weighted by molar-refractivity contribution is 14.1. The predicted octanol–water partition coefficient (Wildman–Crippen LogP) is 5.19. The van der Waals surface area contributed by atoms with Crippen LogP contribution in [-0.2, 0) is 6.54 Å². The molecule has 3 aromatic rings. The summed E-state index contributed by atoms with van der Waals surface area (Å²) in [4.78, 5) is 25.4. The van der Waals surface area contributed by atoms with Crippen molar-refractivity contribution in [1.82, 2.24) is 0 Å². The van der Waals surface area contributed by atoms with Gasteiger partial charge in [-0.2, -0.15) is 0 Å². The monoisotopic (exact) mass is 476 g/mol. The number of hydrogen-bond donors (Lipinski definition) is 0. The molecule has 27 heavy (non-hydrogen) atoms. The number of hydrogen-bond acceptors (Lipinski definition) is 3. The molecule has 0 heterocycles. The average molecular weight is 476 g/mol. The third kappa shape index (κ3) is 4.48. The summed E-state index contributed by atoms with van der Waals surface area (Å²) in [6, 6.07) is 18.9. The largest absolute Gasteiger partial charge is 0.304 e. The van der Waals surface area contributed by atoms with Gasteiger partial charge in [-0.25, -0.2) is 4.39 Å². The molecule has 0 saturated heterocycles. The number of anilines is 1. The van der Waals surface area contributed by atoms with Crippen molar-refractivity contribution in [2.75, 3.05) is 4.90 Å². The summed E-state index contributed by atoms with van der Waals surface area (Å²) in [6.45, 7) is 0.158. The van der Waals surface area contributed by atoms with E-state index in [0.29, 0.717) is 11.3 Å². The molecule has 7 heteroatoms. The van der Waals surface area contributed by atoms with Gasteiger partial charge < -0.3 is 4.90 Å². The zero-order valence-electron chi connectivity index (χ0n) is 14.0. The first-order valence-corrected chi connectivity index (χ1v) is 9.09.